The Labute approximate surface area is 115 Å². The number of rotatable bonds is 7. The van der Waals surface area contributed by atoms with Crippen molar-refractivity contribution in [1.82, 2.24) is 0 Å². The molecule has 0 aliphatic rings. The van der Waals surface area contributed by atoms with Crippen LogP contribution in [0.1, 0.15) is 61.0 Å². The average Bonchev–Trinajstić information content (AvgIpc) is 2.31. The third-order valence-corrected chi connectivity index (χ3v) is 4.54. The molecule has 0 aromatic heterocycles. The van der Waals surface area contributed by atoms with Crippen LogP contribution in [-0.4, -0.2) is 11.5 Å². The summed E-state index contributed by atoms with van der Waals surface area (Å²) in [5, 5.41) is 0. The van der Waals surface area contributed by atoms with Crippen molar-refractivity contribution in [3.63, 3.8) is 0 Å². The summed E-state index contributed by atoms with van der Waals surface area (Å²) in [6.07, 6.45) is 5.23. The van der Waals surface area contributed by atoms with Gasteiger partial charge in [-0.1, -0.05) is 26.2 Å². The molecule has 0 radical (unpaired) electrons. The standard InChI is InChI=1S/C16H24OS/c1-5-6-7-8-9-18-16-12(2)10-15(14(4)17)11-13(16)3/h10-11H,5-9H2,1-4H3. The number of Topliss-reactive ketones (excluding diaryl/α,β-unsaturated/α-hetero) is 1. The zero-order valence-electron chi connectivity index (χ0n) is 12.0. The van der Waals surface area contributed by atoms with E-state index in [2.05, 4.69) is 20.8 Å². The van der Waals surface area contributed by atoms with Gasteiger partial charge in [-0.3, -0.25) is 4.79 Å². The highest BCUT2D eigenvalue weighted by molar-refractivity contribution is 7.99. The average molecular weight is 264 g/mol. The monoisotopic (exact) mass is 264 g/mol. The fraction of sp³-hybridized carbons (Fsp3) is 0.562. The van der Waals surface area contributed by atoms with E-state index in [1.54, 1.807) is 6.92 Å². The van der Waals surface area contributed by atoms with Crippen molar-refractivity contribution in [3.05, 3.63) is 28.8 Å². The molecule has 0 fully saturated rings. The molecule has 0 N–H and O–H groups in total. The molecular formula is C16H24OS. The van der Waals surface area contributed by atoms with E-state index in [1.165, 1.54) is 47.5 Å². The molecular weight excluding hydrogens is 240 g/mol. The Morgan fingerprint density at radius 2 is 1.72 bits per heavy atom. The Hall–Kier alpha value is -0.760. The Morgan fingerprint density at radius 3 is 2.22 bits per heavy atom. The molecule has 18 heavy (non-hydrogen) atoms. The Morgan fingerprint density at radius 1 is 1.11 bits per heavy atom. The maximum atomic E-state index is 11.4. The van der Waals surface area contributed by atoms with Gasteiger partial charge in [-0.15, -0.1) is 11.8 Å². The first kappa shape index (κ1) is 15.3. The minimum atomic E-state index is 0.153. The van der Waals surface area contributed by atoms with Gasteiger partial charge >= 0.3 is 0 Å². The van der Waals surface area contributed by atoms with Gasteiger partial charge in [-0.05, 0) is 56.2 Å². The molecule has 0 aliphatic heterocycles. The van der Waals surface area contributed by atoms with Gasteiger partial charge in [-0.2, -0.15) is 0 Å². The molecule has 1 rings (SSSR count). The van der Waals surface area contributed by atoms with Crippen molar-refractivity contribution in [3.8, 4) is 0 Å². The van der Waals surface area contributed by atoms with Crippen LogP contribution in [0.15, 0.2) is 17.0 Å². The van der Waals surface area contributed by atoms with Gasteiger partial charge in [0.1, 0.15) is 0 Å². The van der Waals surface area contributed by atoms with Crippen LogP contribution in [0.2, 0.25) is 0 Å². The fourth-order valence-electron chi connectivity index (χ4n) is 2.08. The zero-order valence-corrected chi connectivity index (χ0v) is 12.8. The van der Waals surface area contributed by atoms with Crippen molar-refractivity contribution in [2.75, 3.05) is 5.75 Å². The number of hydrogen-bond donors (Lipinski definition) is 0. The number of carbonyl (C=O) groups excluding carboxylic acids is 1. The topological polar surface area (TPSA) is 17.1 Å². The summed E-state index contributed by atoms with van der Waals surface area (Å²) in [4.78, 5) is 12.7. The van der Waals surface area contributed by atoms with E-state index in [4.69, 9.17) is 0 Å². The number of unbranched alkanes of at least 4 members (excludes halogenated alkanes) is 3. The van der Waals surface area contributed by atoms with Crippen LogP contribution >= 0.6 is 11.8 Å². The molecule has 0 aliphatic carbocycles. The molecule has 0 heterocycles. The van der Waals surface area contributed by atoms with Crippen molar-refractivity contribution < 1.29 is 4.79 Å². The van der Waals surface area contributed by atoms with E-state index < -0.39 is 0 Å². The molecule has 1 aromatic carbocycles. The first-order chi connectivity index (χ1) is 8.56. The predicted molar refractivity (Wildman–Crippen MR) is 80.8 cm³/mol. The fourth-order valence-corrected chi connectivity index (χ4v) is 3.21. The van der Waals surface area contributed by atoms with Crippen molar-refractivity contribution in [2.45, 2.75) is 58.3 Å². The first-order valence-corrected chi connectivity index (χ1v) is 7.79. The van der Waals surface area contributed by atoms with Crippen LogP contribution in [0.4, 0.5) is 0 Å². The molecule has 0 amide bonds. The molecule has 100 valence electrons. The quantitative estimate of drug-likeness (QED) is 0.383. The highest BCUT2D eigenvalue weighted by Crippen LogP contribution is 2.28. The summed E-state index contributed by atoms with van der Waals surface area (Å²) in [5.41, 5.74) is 3.31. The first-order valence-electron chi connectivity index (χ1n) is 6.81. The molecule has 0 bridgehead atoms. The van der Waals surface area contributed by atoms with Crippen LogP contribution in [-0.2, 0) is 0 Å². The third kappa shape index (κ3) is 4.49. The van der Waals surface area contributed by atoms with Gasteiger partial charge in [-0.25, -0.2) is 0 Å². The van der Waals surface area contributed by atoms with E-state index in [0.29, 0.717) is 0 Å². The van der Waals surface area contributed by atoms with Gasteiger partial charge in [0.15, 0.2) is 5.78 Å². The van der Waals surface area contributed by atoms with Gasteiger partial charge < -0.3 is 0 Å². The second kappa shape index (κ2) is 7.63. The summed E-state index contributed by atoms with van der Waals surface area (Å²) in [6, 6.07) is 4.04. The van der Waals surface area contributed by atoms with Gasteiger partial charge in [0.2, 0.25) is 0 Å². The highest BCUT2D eigenvalue weighted by Gasteiger charge is 2.08. The minimum Gasteiger partial charge on any atom is -0.295 e. The number of aryl methyl sites for hydroxylation is 2. The van der Waals surface area contributed by atoms with Crippen LogP contribution < -0.4 is 0 Å². The summed E-state index contributed by atoms with van der Waals surface area (Å²) in [6.45, 7) is 8.08. The zero-order chi connectivity index (χ0) is 13.5. The molecule has 1 nitrogen and oxygen atoms in total. The Kier molecular flexibility index (Phi) is 6.48. The normalized spacial score (nSPS) is 10.7. The molecule has 0 unspecified atom stereocenters. The summed E-state index contributed by atoms with van der Waals surface area (Å²) in [5.74, 6) is 1.34. The number of thioether (sulfide) groups is 1. The largest absolute Gasteiger partial charge is 0.295 e. The highest BCUT2D eigenvalue weighted by atomic mass is 32.2. The SMILES string of the molecule is CCCCCCSc1c(C)cc(C(C)=O)cc1C. The third-order valence-electron chi connectivity index (χ3n) is 3.11. The Balaban J connectivity index is 2.63. The number of hydrogen-bond acceptors (Lipinski definition) is 2. The van der Waals surface area contributed by atoms with Gasteiger partial charge in [0.05, 0.1) is 0 Å². The van der Waals surface area contributed by atoms with Crippen molar-refractivity contribution >= 4 is 17.5 Å². The summed E-state index contributed by atoms with van der Waals surface area (Å²) in [7, 11) is 0. The predicted octanol–water partition coefficient (Wildman–Crippen LogP) is 5.18. The molecule has 1 aromatic rings. The van der Waals surface area contributed by atoms with E-state index in [0.717, 1.165) is 5.56 Å². The molecule has 0 spiro atoms. The lowest BCUT2D eigenvalue weighted by Crippen LogP contribution is -1.96. The number of benzene rings is 1. The van der Waals surface area contributed by atoms with Crippen LogP contribution in [0.3, 0.4) is 0 Å². The molecule has 0 atom stereocenters. The second-order valence-corrected chi connectivity index (χ2v) is 6.01. The van der Waals surface area contributed by atoms with Crippen molar-refractivity contribution in [1.29, 1.82) is 0 Å². The maximum absolute atomic E-state index is 11.4. The Bertz CT molecular complexity index is 387. The van der Waals surface area contributed by atoms with E-state index in [1.807, 2.05) is 23.9 Å². The van der Waals surface area contributed by atoms with E-state index in [-0.39, 0.29) is 5.78 Å². The lowest BCUT2D eigenvalue weighted by Gasteiger charge is -2.11. The van der Waals surface area contributed by atoms with Crippen LogP contribution in [0.25, 0.3) is 0 Å². The summed E-state index contributed by atoms with van der Waals surface area (Å²) >= 11 is 1.93. The van der Waals surface area contributed by atoms with E-state index in [9.17, 15) is 4.79 Å². The van der Waals surface area contributed by atoms with Gasteiger partial charge in [0, 0.05) is 10.5 Å². The van der Waals surface area contributed by atoms with Crippen LogP contribution in [0, 0.1) is 13.8 Å². The smallest absolute Gasteiger partial charge is 0.159 e. The number of ketones is 1. The molecule has 2 heteroatoms. The van der Waals surface area contributed by atoms with Gasteiger partial charge in [0.25, 0.3) is 0 Å². The summed E-state index contributed by atoms with van der Waals surface area (Å²) < 4.78 is 0. The van der Waals surface area contributed by atoms with E-state index >= 15 is 0 Å². The lowest BCUT2D eigenvalue weighted by atomic mass is 10.0. The second-order valence-electron chi connectivity index (χ2n) is 4.90. The van der Waals surface area contributed by atoms with Crippen molar-refractivity contribution in [2.24, 2.45) is 0 Å². The molecule has 0 saturated heterocycles. The molecule has 0 saturated carbocycles. The number of carbonyl (C=O) groups is 1. The maximum Gasteiger partial charge on any atom is 0.159 e. The lowest BCUT2D eigenvalue weighted by molar-refractivity contribution is 0.101. The minimum absolute atomic E-state index is 0.153. The van der Waals surface area contributed by atoms with Crippen LogP contribution in [0.5, 0.6) is 0 Å².